The van der Waals surface area contributed by atoms with E-state index in [-0.39, 0.29) is 0 Å². The Labute approximate surface area is 44.9 Å². The van der Waals surface area contributed by atoms with E-state index in [9.17, 15) is 0 Å². The number of hydrogen-bond donors (Lipinski definition) is 0. The van der Waals surface area contributed by atoms with Gasteiger partial charge in [-0.05, 0) is 37.0 Å². The molecule has 0 bridgehead atoms. The van der Waals surface area contributed by atoms with Gasteiger partial charge in [-0.1, -0.05) is 6.92 Å². The van der Waals surface area contributed by atoms with Gasteiger partial charge in [0.25, 0.3) is 0 Å². The Hall–Kier alpha value is 0. The van der Waals surface area contributed by atoms with Crippen molar-refractivity contribution in [3.05, 3.63) is 6.92 Å². The van der Waals surface area contributed by atoms with Gasteiger partial charge in [0.2, 0.25) is 0 Å². The molecule has 0 aromatic rings. The molecule has 7 heavy (non-hydrogen) atoms. The quantitative estimate of drug-likeness (QED) is 0.431. The molecule has 2 fully saturated rings. The van der Waals surface area contributed by atoms with Gasteiger partial charge in [-0.3, -0.25) is 0 Å². The molecule has 1 spiro atoms. The highest BCUT2D eigenvalue weighted by molar-refractivity contribution is 5.04. The van der Waals surface area contributed by atoms with Crippen molar-refractivity contribution >= 4 is 0 Å². The topological polar surface area (TPSA) is 0 Å². The average molecular weight is 95.2 g/mol. The summed E-state index contributed by atoms with van der Waals surface area (Å²) in [7, 11) is 0. The van der Waals surface area contributed by atoms with Crippen molar-refractivity contribution in [2.75, 3.05) is 0 Å². The standard InChI is InChI=1S/C7H11/c1-6-4-7(5-6)2-3-7/h6H,1-5H2. The van der Waals surface area contributed by atoms with E-state index in [2.05, 4.69) is 6.92 Å². The van der Waals surface area contributed by atoms with E-state index in [1.54, 1.807) is 0 Å². The minimum atomic E-state index is 0.822. The highest BCUT2D eigenvalue weighted by atomic mass is 14.6. The first-order valence-electron chi connectivity index (χ1n) is 3.14. The lowest BCUT2D eigenvalue weighted by Gasteiger charge is -2.32. The van der Waals surface area contributed by atoms with E-state index in [1.807, 2.05) is 0 Å². The van der Waals surface area contributed by atoms with Gasteiger partial charge < -0.3 is 0 Å². The lowest BCUT2D eigenvalue weighted by Crippen LogP contribution is -2.21. The molecule has 0 saturated heterocycles. The monoisotopic (exact) mass is 95.1 g/mol. The predicted molar refractivity (Wildman–Crippen MR) is 29.7 cm³/mol. The van der Waals surface area contributed by atoms with E-state index < -0.39 is 0 Å². The Kier molecular flexibility index (Phi) is 0.499. The van der Waals surface area contributed by atoms with Gasteiger partial charge in [-0.2, -0.15) is 0 Å². The van der Waals surface area contributed by atoms with Crippen molar-refractivity contribution in [1.82, 2.24) is 0 Å². The molecule has 0 heteroatoms. The zero-order valence-corrected chi connectivity index (χ0v) is 4.61. The molecule has 0 aromatic heterocycles. The first kappa shape index (κ1) is 3.94. The van der Waals surface area contributed by atoms with Gasteiger partial charge in [0, 0.05) is 0 Å². The second kappa shape index (κ2) is 0.888. The van der Waals surface area contributed by atoms with E-state index in [0.717, 1.165) is 11.3 Å². The first-order valence-corrected chi connectivity index (χ1v) is 3.14. The molecule has 0 heterocycles. The van der Waals surface area contributed by atoms with Crippen LogP contribution in [0.1, 0.15) is 25.7 Å². The molecule has 0 unspecified atom stereocenters. The molecule has 0 aromatic carbocycles. The van der Waals surface area contributed by atoms with Crippen molar-refractivity contribution in [3.63, 3.8) is 0 Å². The van der Waals surface area contributed by atoms with E-state index in [1.165, 1.54) is 25.7 Å². The maximum atomic E-state index is 3.98. The smallest absolute Gasteiger partial charge is 0.0292 e. The summed E-state index contributed by atoms with van der Waals surface area (Å²) in [4.78, 5) is 0. The highest BCUT2D eigenvalue weighted by Gasteiger charge is 2.50. The Morgan fingerprint density at radius 3 is 2.00 bits per heavy atom. The van der Waals surface area contributed by atoms with Crippen molar-refractivity contribution < 1.29 is 0 Å². The van der Waals surface area contributed by atoms with E-state index >= 15 is 0 Å². The van der Waals surface area contributed by atoms with Gasteiger partial charge in [-0.15, -0.1) is 0 Å². The fourth-order valence-electron chi connectivity index (χ4n) is 1.75. The molecule has 2 saturated carbocycles. The summed E-state index contributed by atoms with van der Waals surface area (Å²) in [6, 6.07) is 0. The van der Waals surface area contributed by atoms with Crippen LogP contribution in [0.3, 0.4) is 0 Å². The minimum absolute atomic E-state index is 0.822. The maximum absolute atomic E-state index is 3.98. The van der Waals surface area contributed by atoms with Gasteiger partial charge in [-0.25, -0.2) is 0 Å². The first-order chi connectivity index (χ1) is 3.31. The predicted octanol–water partition coefficient (Wildman–Crippen LogP) is 2.01. The Morgan fingerprint density at radius 2 is 1.86 bits per heavy atom. The van der Waals surface area contributed by atoms with Gasteiger partial charge in [0.05, 0.1) is 0 Å². The lowest BCUT2D eigenvalue weighted by molar-refractivity contribution is 0.211. The summed E-state index contributed by atoms with van der Waals surface area (Å²) in [5.41, 5.74) is 0.881. The van der Waals surface area contributed by atoms with Crippen LogP contribution < -0.4 is 0 Å². The van der Waals surface area contributed by atoms with Crippen LogP contribution in [-0.4, -0.2) is 0 Å². The van der Waals surface area contributed by atoms with Crippen LogP contribution in [0, 0.1) is 18.3 Å². The van der Waals surface area contributed by atoms with Crippen molar-refractivity contribution in [3.8, 4) is 0 Å². The van der Waals surface area contributed by atoms with Crippen LogP contribution in [0.2, 0.25) is 0 Å². The molecule has 39 valence electrons. The lowest BCUT2D eigenvalue weighted by atomic mass is 9.73. The third kappa shape index (κ3) is 0.427. The van der Waals surface area contributed by atoms with Gasteiger partial charge >= 0.3 is 0 Å². The molecule has 2 aliphatic rings. The van der Waals surface area contributed by atoms with Crippen LogP contribution in [0.5, 0.6) is 0 Å². The summed E-state index contributed by atoms with van der Waals surface area (Å²) in [5.74, 6) is 0.822. The molecule has 2 rings (SSSR count). The highest BCUT2D eigenvalue weighted by Crippen LogP contribution is 2.62. The Morgan fingerprint density at radius 1 is 1.29 bits per heavy atom. The van der Waals surface area contributed by atoms with Gasteiger partial charge in [0.1, 0.15) is 0 Å². The normalized spacial score (nSPS) is 35.6. The number of rotatable bonds is 0. The second-order valence-corrected chi connectivity index (χ2v) is 3.27. The van der Waals surface area contributed by atoms with Gasteiger partial charge in [0.15, 0.2) is 0 Å². The van der Waals surface area contributed by atoms with Crippen LogP contribution in [-0.2, 0) is 0 Å². The number of hydrogen-bond acceptors (Lipinski definition) is 0. The van der Waals surface area contributed by atoms with Crippen molar-refractivity contribution in [2.45, 2.75) is 25.7 Å². The molecule has 1 radical (unpaired) electrons. The Balaban J connectivity index is 1.97. The Bertz CT molecular complexity index is 82.2. The minimum Gasteiger partial charge on any atom is -0.0501 e. The SMILES string of the molecule is [CH2]C1CC2(CC2)C1. The molecule has 2 aliphatic carbocycles. The molecular formula is C7H11. The molecule has 0 N–H and O–H groups in total. The molecule has 0 atom stereocenters. The molecular weight excluding hydrogens is 84.1 g/mol. The zero-order chi connectivity index (χ0) is 4.91. The fraction of sp³-hybridized carbons (Fsp3) is 0.857. The summed E-state index contributed by atoms with van der Waals surface area (Å²) in [6.45, 7) is 3.98. The van der Waals surface area contributed by atoms with Crippen LogP contribution in [0.15, 0.2) is 0 Å². The summed E-state index contributed by atoms with van der Waals surface area (Å²) < 4.78 is 0. The second-order valence-electron chi connectivity index (χ2n) is 3.27. The fourth-order valence-corrected chi connectivity index (χ4v) is 1.75. The van der Waals surface area contributed by atoms with Crippen molar-refractivity contribution in [2.24, 2.45) is 11.3 Å². The molecule has 0 amide bonds. The summed E-state index contributed by atoms with van der Waals surface area (Å²) >= 11 is 0. The molecule has 0 aliphatic heterocycles. The van der Waals surface area contributed by atoms with Crippen molar-refractivity contribution in [1.29, 1.82) is 0 Å². The largest absolute Gasteiger partial charge is 0.0501 e. The van der Waals surface area contributed by atoms with Crippen LogP contribution in [0.25, 0.3) is 0 Å². The zero-order valence-electron chi connectivity index (χ0n) is 4.61. The van der Waals surface area contributed by atoms with Crippen LogP contribution >= 0.6 is 0 Å². The maximum Gasteiger partial charge on any atom is -0.0292 e. The van der Waals surface area contributed by atoms with Crippen LogP contribution in [0.4, 0.5) is 0 Å². The summed E-state index contributed by atoms with van der Waals surface area (Å²) in [6.07, 6.45) is 5.90. The van der Waals surface area contributed by atoms with E-state index in [0.29, 0.717) is 0 Å². The summed E-state index contributed by atoms with van der Waals surface area (Å²) in [5, 5.41) is 0. The third-order valence-electron chi connectivity index (χ3n) is 2.40. The third-order valence-corrected chi connectivity index (χ3v) is 2.40. The molecule has 0 nitrogen and oxygen atoms in total. The van der Waals surface area contributed by atoms with E-state index in [4.69, 9.17) is 0 Å². The average Bonchev–Trinajstić information content (AvgIpc) is 2.14.